The van der Waals surface area contributed by atoms with Crippen LogP contribution in [0.3, 0.4) is 0 Å². The van der Waals surface area contributed by atoms with Gasteiger partial charge in [-0.2, -0.15) is 0 Å². The Morgan fingerprint density at radius 2 is 2.05 bits per heavy atom. The lowest BCUT2D eigenvalue weighted by molar-refractivity contribution is -0.101. The van der Waals surface area contributed by atoms with Gasteiger partial charge in [-0.15, -0.1) is 0 Å². The second-order valence-electron chi connectivity index (χ2n) is 5.69. The van der Waals surface area contributed by atoms with E-state index in [1.54, 1.807) is 7.11 Å². The molecule has 106 valence electrons. The molecule has 0 amide bonds. The van der Waals surface area contributed by atoms with Gasteiger partial charge in [-0.25, -0.2) is 0 Å². The number of nitrogens with two attached hydrogens (primary N) is 1. The third kappa shape index (κ3) is 2.69. The average Bonchev–Trinajstić information content (AvgIpc) is 2.32. The van der Waals surface area contributed by atoms with E-state index < -0.39 is 0 Å². The van der Waals surface area contributed by atoms with Crippen molar-refractivity contribution in [2.45, 2.75) is 13.8 Å². The van der Waals surface area contributed by atoms with Gasteiger partial charge in [0, 0.05) is 25.6 Å². The van der Waals surface area contributed by atoms with Gasteiger partial charge in [-0.1, -0.05) is 6.07 Å². The van der Waals surface area contributed by atoms with Crippen molar-refractivity contribution < 1.29 is 9.47 Å². The summed E-state index contributed by atoms with van der Waals surface area (Å²) in [5.74, 6) is 0.945. The van der Waals surface area contributed by atoms with E-state index in [0.717, 1.165) is 36.8 Å². The van der Waals surface area contributed by atoms with Gasteiger partial charge in [0.2, 0.25) is 0 Å². The van der Waals surface area contributed by atoms with E-state index in [1.165, 1.54) is 5.56 Å². The molecule has 0 saturated carbocycles. The zero-order valence-corrected chi connectivity index (χ0v) is 12.3. The maximum Gasteiger partial charge on any atom is 0.145 e. The first-order valence-corrected chi connectivity index (χ1v) is 6.65. The Morgan fingerprint density at radius 3 is 2.53 bits per heavy atom. The molecular weight excluding hydrogens is 240 g/mol. The summed E-state index contributed by atoms with van der Waals surface area (Å²) in [6.07, 6.45) is 0. The van der Waals surface area contributed by atoms with E-state index in [0.29, 0.717) is 6.54 Å². The quantitative estimate of drug-likeness (QED) is 0.880. The Balaban J connectivity index is 2.25. The summed E-state index contributed by atoms with van der Waals surface area (Å²) in [7, 11) is 3.81. The van der Waals surface area contributed by atoms with Crippen LogP contribution in [0, 0.1) is 19.3 Å². The number of anilines is 1. The highest BCUT2D eigenvalue weighted by atomic mass is 16.5. The summed E-state index contributed by atoms with van der Waals surface area (Å²) < 4.78 is 10.9. The van der Waals surface area contributed by atoms with E-state index >= 15 is 0 Å². The fraction of sp³-hybridized carbons (Fsp3) is 0.600. The van der Waals surface area contributed by atoms with Gasteiger partial charge in [0.15, 0.2) is 0 Å². The van der Waals surface area contributed by atoms with Crippen LogP contribution in [0.4, 0.5) is 5.69 Å². The summed E-state index contributed by atoms with van der Waals surface area (Å²) in [4.78, 5) is 2.23. The van der Waals surface area contributed by atoms with Crippen molar-refractivity contribution in [1.29, 1.82) is 0 Å². The molecule has 0 radical (unpaired) electrons. The van der Waals surface area contributed by atoms with Gasteiger partial charge in [0.05, 0.1) is 26.0 Å². The van der Waals surface area contributed by atoms with Gasteiger partial charge in [-0.3, -0.25) is 0 Å². The largest absolute Gasteiger partial charge is 0.494 e. The Kier molecular flexibility index (Phi) is 4.02. The van der Waals surface area contributed by atoms with Crippen LogP contribution in [0.2, 0.25) is 0 Å². The van der Waals surface area contributed by atoms with Gasteiger partial charge in [0.1, 0.15) is 5.75 Å². The molecular formula is C15H24N2O2. The van der Waals surface area contributed by atoms with Crippen LogP contribution in [0.15, 0.2) is 12.1 Å². The number of hydrogen-bond acceptors (Lipinski definition) is 4. The summed E-state index contributed by atoms with van der Waals surface area (Å²) in [5, 5.41) is 0. The minimum absolute atomic E-state index is 0.0947. The lowest BCUT2D eigenvalue weighted by atomic mass is 9.85. The maximum absolute atomic E-state index is 5.89. The molecule has 2 rings (SSSR count). The van der Waals surface area contributed by atoms with E-state index in [1.807, 2.05) is 0 Å². The van der Waals surface area contributed by atoms with E-state index in [4.69, 9.17) is 15.2 Å². The summed E-state index contributed by atoms with van der Waals surface area (Å²) in [5.41, 5.74) is 9.51. The fourth-order valence-corrected chi connectivity index (χ4v) is 2.73. The highest BCUT2D eigenvalue weighted by molar-refractivity contribution is 5.63. The summed E-state index contributed by atoms with van der Waals surface area (Å²) >= 11 is 0. The molecule has 4 heteroatoms. The molecule has 1 saturated heterocycles. The van der Waals surface area contributed by atoms with Gasteiger partial charge in [-0.05, 0) is 31.0 Å². The normalized spacial score (nSPS) is 16.9. The number of hydrogen-bond donors (Lipinski definition) is 1. The number of methoxy groups -OCH3 is 1. The lowest BCUT2D eigenvalue weighted by Gasteiger charge is -2.43. The third-order valence-corrected chi connectivity index (χ3v) is 3.84. The van der Waals surface area contributed by atoms with E-state index in [2.05, 4.69) is 37.9 Å². The first kappa shape index (κ1) is 14.2. The molecule has 4 nitrogen and oxygen atoms in total. The molecule has 1 aliphatic rings. The van der Waals surface area contributed by atoms with Crippen LogP contribution in [-0.4, -0.2) is 40.5 Å². The number of nitrogens with zero attached hydrogens (tertiary/aromatic N) is 1. The molecule has 0 unspecified atom stereocenters. The topological polar surface area (TPSA) is 47.7 Å². The van der Waals surface area contributed by atoms with Crippen LogP contribution in [0.25, 0.3) is 0 Å². The highest BCUT2D eigenvalue weighted by Gasteiger charge is 2.38. The minimum atomic E-state index is 0.0947. The maximum atomic E-state index is 5.89. The molecule has 0 aliphatic carbocycles. The second-order valence-corrected chi connectivity index (χ2v) is 5.69. The number of ether oxygens (including phenoxy) is 2. The van der Waals surface area contributed by atoms with Crippen LogP contribution < -0.4 is 15.4 Å². The SMILES string of the molecule is COc1c(C)cc(C)cc1N(C)CC1(CN)COC1. The molecule has 1 heterocycles. The average molecular weight is 264 g/mol. The van der Waals surface area contributed by atoms with Crippen molar-refractivity contribution in [2.75, 3.05) is 45.4 Å². The van der Waals surface area contributed by atoms with E-state index in [9.17, 15) is 0 Å². The van der Waals surface area contributed by atoms with Crippen LogP contribution >= 0.6 is 0 Å². The standard InChI is InChI=1S/C15H24N2O2/c1-11-5-12(2)14(18-4)13(6-11)17(3)8-15(7-16)9-19-10-15/h5-6H,7-10,16H2,1-4H3. The van der Waals surface area contributed by atoms with Crippen molar-refractivity contribution in [3.8, 4) is 5.75 Å². The van der Waals surface area contributed by atoms with E-state index in [-0.39, 0.29) is 5.41 Å². The molecule has 2 N–H and O–H groups in total. The smallest absolute Gasteiger partial charge is 0.145 e. The predicted molar refractivity (Wildman–Crippen MR) is 78.0 cm³/mol. The molecule has 19 heavy (non-hydrogen) atoms. The second kappa shape index (κ2) is 5.39. The Bertz CT molecular complexity index is 450. The zero-order valence-electron chi connectivity index (χ0n) is 12.3. The summed E-state index contributed by atoms with van der Waals surface area (Å²) in [6.45, 7) is 7.23. The Labute approximate surface area is 115 Å². The highest BCUT2D eigenvalue weighted by Crippen LogP contribution is 2.35. The first-order valence-electron chi connectivity index (χ1n) is 6.65. The minimum Gasteiger partial charge on any atom is -0.494 e. The summed E-state index contributed by atoms with van der Waals surface area (Å²) in [6, 6.07) is 4.30. The third-order valence-electron chi connectivity index (χ3n) is 3.84. The van der Waals surface area contributed by atoms with Crippen molar-refractivity contribution >= 4 is 5.69 Å². The van der Waals surface area contributed by atoms with Crippen molar-refractivity contribution in [1.82, 2.24) is 0 Å². The predicted octanol–water partition coefficient (Wildman–Crippen LogP) is 1.72. The molecule has 0 spiro atoms. The number of aryl methyl sites for hydroxylation is 2. The molecule has 1 fully saturated rings. The fourth-order valence-electron chi connectivity index (χ4n) is 2.73. The van der Waals surface area contributed by atoms with Crippen molar-refractivity contribution in [3.63, 3.8) is 0 Å². The Hall–Kier alpha value is -1.26. The molecule has 1 aromatic carbocycles. The van der Waals surface area contributed by atoms with Gasteiger partial charge >= 0.3 is 0 Å². The van der Waals surface area contributed by atoms with Crippen LogP contribution in [0.1, 0.15) is 11.1 Å². The number of rotatable bonds is 5. The molecule has 1 aromatic rings. The molecule has 1 aliphatic heterocycles. The lowest BCUT2D eigenvalue weighted by Crippen LogP contribution is -2.54. The number of benzene rings is 1. The van der Waals surface area contributed by atoms with Crippen LogP contribution in [0.5, 0.6) is 5.75 Å². The van der Waals surface area contributed by atoms with Crippen molar-refractivity contribution in [2.24, 2.45) is 11.1 Å². The van der Waals surface area contributed by atoms with Gasteiger partial charge < -0.3 is 20.1 Å². The molecule has 0 bridgehead atoms. The van der Waals surface area contributed by atoms with Gasteiger partial charge in [0.25, 0.3) is 0 Å². The Morgan fingerprint density at radius 1 is 1.37 bits per heavy atom. The first-order chi connectivity index (χ1) is 9.01. The zero-order chi connectivity index (χ0) is 14.0. The van der Waals surface area contributed by atoms with Crippen LogP contribution in [-0.2, 0) is 4.74 Å². The molecule has 0 atom stereocenters. The molecule has 0 aromatic heterocycles. The van der Waals surface area contributed by atoms with Crippen molar-refractivity contribution in [3.05, 3.63) is 23.3 Å². The monoisotopic (exact) mass is 264 g/mol.